The zero-order chi connectivity index (χ0) is 21.0. The number of nitrogens with two attached hydrogens (primary N) is 1. The average molecular weight is 402 g/mol. The predicted octanol–water partition coefficient (Wildman–Crippen LogP) is 1.53. The molecule has 2 saturated heterocycles. The molecule has 2 heterocycles. The third-order valence-electron chi connectivity index (χ3n) is 5.62. The maximum absolute atomic E-state index is 12.7. The van der Waals surface area contributed by atoms with Crippen LogP contribution >= 0.6 is 0 Å². The van der Waals surface area contributed by atoms with Gasteiger partial charge in [-0.2, -0.15) is 0 Å². The maximum Gasteiger partial charge on any atom is 0.319 e. The minimum atomic E-state index is -0.510. The molecule has 8 nitrogen and oxygen atoms in total. The number of nitrogens with zero attached hydrogens (tertiary/aromatic N) is 1. The Morgan fingerprint density at radius 2 is 1.97 bits per heavy atom. The van der Waals surface area contributed by atoms with Crippen LogP contribution in [0.4, 0.5) is 10.5 Å². The molecule has 2 aliphatic heterocycles. The van der Waals surface area contributed by atoms with Crippen LogP contribution in [0.2, 0.25) is 0 Å². The van der Waals surface area contributed by atoms with Crippen LogP contribution in [0.1, 0.15) is 51.0 Å². The lowest BCUT2D eigenvalue weighted by atomic mass is 10.0. The van der Waals surface area contributed by atoms with E-state index in [1.807, 2.05) is 24.3 Å². The van der Waals surface area contributed by atoms with Gasteiger partial charge in [0.05, 0.1) is 6.04 Å². The fraction of sp³-hybridized carbons (Fsp3) is 0.571. The van der Waals surface area contributed by atoms with E-state index in [0.717, 1.165) is 12.8 Å². The zero-order valence-corrected chi connectivity index (χ0v) is 17.1. The molecule has 29 heavy (non-hydrogen) atoms. The minimum absolute atomic E-state index is 0.0689. The van der Waals surface area contributed by atoms with Crippen molar-refractivity contribution in [2.75, 3.05) is 18.4 Å². The van der Waals surface area contributed by atoms with Crippen molar-refractivity contribution in [1.82, 2.24) is 15.5 Å². The van der Waals surface area contributed by atoms with Crippen molar-refractivity contribution in [3.05, 3.63) is 29.8 Å². The second-order valence-electron chi connectivity index (χ2n) is 8.16. The number of fused-ring (bicyclic) bond motifs is 1. The standard InChI is InChI=1S/C21H31N5O3/c1-13(2)14-6-8-15(9-7-14)23-21(29)24-16-11-18-19(27)25-17(5-3-4-10-22)20(28)26(18)12-16/h6-9,13,16-18H,3-5,10-12,22H2,1-2H3,(H,25,27)(H2,23,24,29)/t16-,17-,18-/m0/s1. The quantitative estimate of drug-likeness (QED) is 0.518. The molecular weight excluding hydrogens is 370 g/mol. The number of benzene rings is 1. The van der Waals surface area contributed by atoms with Crippen LogP contribution in [0.15, 0.2) is 24.3 Å². The number of carbonyl (C=O) groups excluding carboxylic acids is 3. The fourth-order valence-electron chi connectivity index (χ4n) is 3.95. The highest BCUT2D eigenvalue weighted by molar-refractivity contribution is 5.98. The average Bonchev–Trinajstić information content (AvgIpc) is 3.10. The molecule has 0 saturated carbocycles. The Morgan fingerprint density at radius 1 is 1.24 bits per heavy atom. The fourth-order valence-corrected chi connectivity index (χ4v) is 3.95. The van der Waals surface area contributed by atoms with Crippen LogP contribution in [0.25, 0.3) is 0 Å². The van der Waals surface area contributed by atoms with Gasteiger partial charge in [-0.3, -0.25) is 9.59 Å². The van der Waals surface area contributed by atoms with Gasteiger partial charge in [0, 0.05) is 12.2 Å². The van der Waals surface area contributed by atoms with E-state index in [1.165, 1.54) is 5.56 Å². The van der Waals surface area contributed by atoms with E-state index in [4.69, 9.17) is 5.73 Å². The molecule has 1 aromatic carbocycles. The van der Waals surface area contributed by atoms with E-state index in [-0.39, 0.29) is 23.9 Å². The van der Waals surface area contributed by atoms with Crippen molar-refractivity contribution in [3.63, 3.8) is 0 Å². The van der Waals surface area contributed by atoms with Crippen molar-refractivity contribution >= 4 is 23.5 Å². The van der Waals surface area contributed by atoms with Crippen molar-refractivity contribution < 1.29 is 14.4 Å². The van der Waals surface area contributed by atoms with Crippen molar-refractivity contribution in [2.24, 2.45) is 5.73 Å². The molecule has 0 aliphatic carbocycles. The summed E-state index contributed by atoms with van der Waals surface area (Å²) in [6, 6.07) is 6.13. The highest BCUT2D eigenvalue weighted by Crippen LogP contribution is 2.24. The van der Waals surface area contributed by atoms with Crippen molar-refractivity contribution in [2.45, 2.75) is 63.6 Å². The monoisotopic (exact) mass is 401 g/mol. The van der Waals surface area contributed by atoms with Gasteiger partial charge in [-0.1, -0.05) is 26.0 Å². The Kier molecular flexibility index (Phi) is 6.74. The molecule has 1 aromatic rings. The molecule has 0 bridgehead atoms. The number of rotatable bonds is 7. The molecule has 0 unspecified atom stereocenters. The summed E-state index contributed by atoms with van der Waals surface area (Å²) in [6.45, 7) is 5.15. The predicted molar refractivity (Wildman–Crippen MR) is 111 cm³/mol. The molecule has 2 aliphatic rings. The van der Waals surface area contributed by atoms with Crippen LogP contribution < -0.4 is 21.7 Å². The first-order valence-electron chi connectivity index (χ1n) is 10.4. The van der Waals surface area contributed by atoms with E-state index in [1.54, 1.807) is 4.90 Å². The van der Waals surface area contributed by atoms with Crippen molar-refractivity contribution in [3.8, 4) is 0 Å². The number of urea groups is 1. The Balaban J connectivity index is 1.53. The Labute approximate surface area is 171 Å². The molecule has 158 valence electrons. The molecule has 5 N–H and O–H groups in total. The number of amides is 4. The molecule has 3 rings (SSSR count). The second kappa shape index (κ2) is 9.26. The van der Waals surface area contributed by atoms with Crippen LogP contribution in [0.3, 0.4) is 0 Å². The van der Waals surface area contributed by atoms with E-state index >= 15 is 0 Å². The summed E-state index contributed by atoms with van der Waals surface area (Å²) in [5, 5.41) is 8.53. The summed E-state index contributed by atoms with van der Waals surface area (Å²) in [5.41, 5.74) is 7.41. The SMILES string of the molecule is CC(C)c1ccc(NC(=O)N[C@H]2C[C@H]3C(=O)N[C@@H](CCCCN)C(=O)N3C2)cc1. The minimum Gasteiger partial charge on any atom is -0.343 e. The number of unbranched alkanes of at least 4 members (excludes halogenated alkanes) is 1. The molecule has 8 heteroatoms. The first-order chi connectivity index (χ1) is 13.9. The summed E-state index contributed by atoms with van der Waals surface area (Å²) < 4.78 is 0. The van der Waals surface area contributed by atoms with Crippen molar-refractivity contribution in [1.29, 1.82) is 0 Å². The Morgan fingerprint density at radius 3 is 2.62 bits per heavy atom. The van der Waals surface area contributed by atoms with Gasteiger partial charge >= 0.3 is 6.03 Å². The summed E-state index contributed by atoms with van der Waals surface area (Å²) in [5.74, 6) is 0.216. The largest absolute Gasteiger partial charge is 0.343 e. The van der Waals surface area contributed by atoms with Gasteiger partial charge in [-0.25, -0.2) is 4.79 Å². The van der Waals surface area contributed by atoms with Gasteiger partial charge in [-0.05, 0) is 55.8 Å². The molecular formula is C21H31N5O3. The second-order valence-corrected chi connectivity index (χ2v) is 8.16. The lowest BCUT2D eigenvalue weighted by Gasteiger charge is -2.34. The van der Waals surface area contributed by atoms with Gasteiger partial charge in [0.15, 0.2) is 0 Å². The number of piperazine rings is 1. The molecule has 2 fully saturated rings. The molecule has 3 atom stereocenters. The third kappa shape index (κ3) is 5.06. The first kappa shape index (κ1) is 21.1. The summed E-state index contributed by atoms with van der Waals surface area (Å²) in [4.78, 5) is 39.1. The van der Waals surface area contributed by atoms with Gasteiger partial charge in [0.2, 0.25) is 11.8 Å². The highest BCUT2D eigenvalue weighted by atomic mass is 16.2. The number of anilines is 1. The highest BCUT2D eigenvalue weighted by Gasteiger charge is 2.46. The summed E-state index contributed by atoms with van der Waals surface area (Å²) >= 11 is 0. The Bertz CT molecular complexity index is 749. The number of carbonyl (C=O) groups is 3. The smallest absolute Gasteiger partial charge is 0.319 e. The van der Waals surface area contributed by atoms with Crippen LogP contribution in [-0.2, 0) is 9.59 Å². The van der Waals surface area contributed by atoms with Gasteiger partial charge in [-0.15, -0.1) is 0 Å². The summed E-state index contributed by atoms with van der Waals surface area (Å²) in [7, 11) is 0. The lowest BCUT2D eigenvalue weighted by Crippen LogP contribution is -2.61. The topological polar surface area (TPSA) is 117 Å². The molecule has 0 spiro atoms. The van der Waals surface area contributed by atoms with Gasteiger partial charge in [0.25, 0.3) is 0 Å². The Hall–Kier alpha value is -2.61. The lowest BCUT2D eigenvalue weighted by molar-refractivity contribution is -0.147. The van der Waals surface area contributed by atoms with Gasteiger partial charge in [0.1, 0.15) is 12.1 Å². The maximum atomic E-state index is 12.7. The first-order valence-corrected chi connectivity index (χ1v) is 10.4. The van der Waals surface area contributed by atoms with E-state index in [2.05, 4.69) is 29.8 Å². The van der Waals surface area contributed by atoms with E-state index < -0.39 is 12.1 Å². The number of hydrogen-bond donors (Lipinski definition) is 4. The van der Waals surface area contributed by atoms with E-state index in [9.17, 15) is 14.4 Å². The molecule has 0 radical (unpaired) electrons. The molecule has 4 amide bonds. The van der Waals surface area contributed by atoms with Crippen LogP contribution in [-0.4, -0.2) is 54.0 Å². The normalized spacial score (nSPS) is 23.7. The molecule has 0 aromatic heterocycles. The van der Waals surface area contributed by atoms with Crippen LogP contribution in [0.5, 0.6) is 0 Å². The number of hydrogen-bond acceptors (Lipinski definition) is 4. The third-order valence-corrected chi connectivity index (χ3v) is 5.62. The number of nitrogens with one attached hydrogen (secondary N) is 3. The zero-order valence-electron chi connectivity index (χ0n) is 17.1. The summed E-state index contributed by atoms with van der Waals surface area (Å²) in [6.07, 6.45) is 2.64. The van der Waals surface area contributed by atoms with Crippen LogP contribution in [0, 0.1) is 0 Å². The van der Waals surface area contributed by atoms with E-state index in [0.29, 0.717) is 37.5 Å². The van der Waals surface area contributed by atoms with Gasteiger partial charge < -0.3 is 26.6 Å².